The predicted molar refractivity (Wildman–Crippen MR) is 144 cm³/mol. The van der Waals surface area contributed by atoms with Crippen molar-refractivity contribution >= 4 is 35.1 Å². The van der Waals surface area contributed by atoms with Crippen LogP contribution in [0.1, 0.15) is 60.1 Å². The summed E-state index contributed by atoms with van der Waals surface area (Å²) >= 11 is 12.3. The van der Waals surface area contributed by atoms with Crippen molar-refractivity contribution in [1.82, 2.24) is 20.0 Å². The summed E-state index contributed by atoms with van der Waals surface area (Å²) in [7, 11) is 0. The van der Waals surface area contributed by atoms with Gasteiger partial charge >= 0.3 is 6.03 Å². The van der Waals surface area contributed by atoms with Crippen LogP contribution in [0, 0.1) is 5.82 Å². The summed E-state index contributed by atoms with van der Waals surface area (Å²) in [6, 6.07) is 11.8. The van der Waals surface area contributed by atoms with E-state index in [2.05, 4.69) is 10.4 Å². The number of aromatic nitrogens is 2. The summed E-state index contributed by atoms with van der Waals surface area (Å²) in [5.74, 6) is -0.824. The van der Waals surface area contributed by atoms with Gasteiger partial charge < -0.3 is 16.0 Å². The van der Waals surface area contributed by atoms with Crippen LogP contribution in [-0.2, 0) is 18.5 Å². The summed E-state index contributed by atoms with van der Waals surface area (Å²) < 4.78 is 15.2. The van der Waals surface area contributed by atoms with Crippen LogP contribution < -0.4 is 11.1 Å². The van der Waals surface area contributed by atoms with Crippen molar-refractivity contribution in [2.75, 3.05) is 6.54 Å². The molecule has 0 radical (unpaired) electrons. The van der Waals surface area contributed by atoms with Gasteiger partial charge in [-0.05, 0) is 73.8 Å². The number of fused-ring (bicyclic) bond motifs is 4. The molecule has 0 unspecified atom stereocenters. The molecule has 1 aromatic heterocycles. The zero-order chi connectivity index (χ0) is 26.7. The highest BCUT2D eigenvalue weighted by Gasteiger charge is 2.50. The number of hydrogen-bond acceptors (Lipinski definition) is 3. The molecule has 38 heavy (non-hydrogen) atoms. The van der Waals surface area contributed by atoms with Crippen LogP contribution in [0.3, 0.4) is 0 Å². The molecule has 10 heteroatoms. The van der Waals surface area contributed by atoms with Gasteiger partial charge in [0.2, 0.25) is 0 Å². The molecule has 1 aliphatic heterocycles. The molecule has 0 atom stereocenters. The fourth-order valence-electron chi connectivity index (χ4n) is 6.51. The second-order valence-electron chi connectivity index (χ2n) is 10.8. The Labute approximate surface area is 230 Å². The largest absolute Gasteiger partial charge is 0.365 e. The van der Waals surface area contributed by atoms with Gasteiger partial charge in [-0.25, -0.2) is 9.18 Å². The number of halogens is 3. The van der Waals surface area contributed by atoms with Crippen LogP contribution in [0.25, 0.3) is 11.3 Å². The summed E-state index contributed by atoms with van der Waals surface area (Å²) in [6.07, 6.45) is 5.54. The van der Waals surface area contributed by atoms with Gasteiger partial charge in [-0.2, -0.15) is 5.10 Å². The highest BCUT2D eigenvalue weighted by molar-refractivity contribution is 6.42. The van der Waals surface area contributed by atoms with E-state index in [1.165, 1.54) is 17.7 Å². The molecular weight excluding hydrogens is 528 g/mol. The number of nitrogens with one attached hydrogen (secondary N) is 1. The van der Waals surface area contributed by atoms with Crippen LogP contribution in [0.15, 0.2) is 42.5 Å². The Morgan fingerprint density at radius 1 is 0.947 bits per heavy atom. The first-order valence-electron chi connectivity index (χ1n) is 12.9. The Balaban J connectivity index is 1.19. The molecule has 2 bridgehead atoms. The zero-order valence-corrected chi connectivity index (χ0v) is 22.3. The van der Waals surface area contributed by atoms with Gasteiger partial charge in [0.25, 0.3) is 5.91 Å². The van der Waals surface area contributed by atoms with E-state index in [1.807, 2.05) is 12.1 Å². The number of nitrogens with two attached hydrogens (primary N) is 1. The predicted octanol–water partition coefficient (Wildman–Crippen LogP) is 5.66. The molecule has 198 valence electrons. The molecule has 3 aromatic rings. The van der Waals surface area contributed by atoms with Gasteiger partial charge in [-0.15, -0.1) is 0 Å². The third kappa shape index (κ3) is 4.24. The van der Waals surface area contributed by atoms with Crippen LogP contribution in [0.5, 0.6) is 0 Å². The maximum absolute atomic E-state index is 13.5. The SMILES string of the molecule is NC(=O)c1c(-c2ccc(Cl)c(Cl)c2)nn2c1CN(C(=O)NC13CCC(c4ccc(F)cc4)(CC1)CC3)CC2. The summed E-state index contributed by atoms with van der Waals surface area (Å²) in [5, 5.41) is 8.74. The summed E-state index contributed by atoms with van der Waals surface area (Å²) in [6.45, 7) is 1.15. The lowest BCUT2D eigenvalue weighted by atomic mass is 9.55. The molecule has 3 fully saturated rings. The highest BCUT2D eigenvalue weighted by Crippen LogP contribution is 2.53. The lowest BCUT2D eigenvalue weighted by Crippen LogP contribution is -2.60. The van der Waals surface area contributed by atoms with Gasteiger partial charge in [-0.3, -0.25) is 9.48 Å². The van der Waals surface area contributed by atoms with Gasteiger partial charge in [0, 0.05) is 17.6 Å². The molecule has 2 heterocycles. The van der Waals surface area contributed by atoms with E-state index in [0.29, 0.717) is 45.6 Å². The number of carbonyl (C=O) groups is 2. The molecule has 0 saturated heterocycles. The highest BCUT2D eigenvalue weighted by atomic mass is 35.5. The van der Waals surface area contributed by atoms with Crippen LogP contribution in [-0.4, -0.2) is 38.7 Å². The van der Waals surface area contributed by atoms with Gasteiger partial charge in [0.1, 0.15) is 11.5 Å². The third-order valence-corrected chi connectivity index (χ3v) is 9.52. The minimum absolute atomic E-state index is 0.0646. The first-order valence-corrected chi connectivity index (χ1v) is 13.6. The van der Waals surface area contributed by atoms with Gasteiger partial charge in [0.15, 0.2) is 0 Å². The van der Waals surface area contributed by atoms with Gasteiger partial charge in [0.05, 0.1) is 34.4 Å². The maximum Gasteiger partial charge on any atom is 0.318 e. The number of carbonyl (C=O) groups excluding carboxylic acids is 2. The lowest BCUT2D eigenvalue weighted by molar-refractivity contribution is 0.0749. The minimum Gasteiger partial charge on any atom is -0.365 e. The minimum atomic E-state index is -0.607. The number of urea groups is 1. The number of amides is 3. The average Bonchev–Trinajstić information content (AvgIpc) is 3.31. The van der Waals surface area contributed by atoms with Crippen molar-refractivity contribution < 1.29 is 14.0 Å². The topological polar surface area (TPSA) is 93.2 Å². The van der Waals surface area contributed by atoms with Crippen molar-refractivity contribution in [1.29, 1.82) is 0 Å². The fourth-order valence-corrected chi connectivity index (χ4v) is 6.81. The molecule has 2 aromatic carbocycles. The van der Waals surface area contributed by atoms with E-state index in [1.54, 1.807) is 27.8 Å². The number of hydrogen-bond donors (Lipinski definition) is 2. The van der Waals surface area contributed by atoms with Crippen molar-refractivity contribution in [3.8, 4) is 11.3 Å². The Morgan fingerprint density at radius 2 is 1.63 bits per heavy atom. The number of rotatable bonds is 4. The molecule has 3 N–H and O–H groups in total. The van der Waals surface area contributed by atoms with E-state index >= 15 is 0 Å². The number of nitrogens with zero attached hydrogens (tertiary/aromatic N) is 3. The van der Waals surface area contributed by atoms with Gasteiger partial charge in [-0.1, -0.05) is 41.4 Å². The van der Waals surface area contributed by atoms with E-state index in [-0.39, 0.29) is 29.3 Å². The van der Waals surface area contributed by atoms with Crippen LogP contribution in [0.2, 0.25) is 10.0 Å². The maximum atomic E-state index is 13.5. The normalized spacial score (nSPS) is 24.2. The third-order valence-electron chi connectivity index (χ3n) is 8.78. The quantitative estimate of drug-likeness (QED) is 0.434. The Hall–Kier alpha value is -3.10. The molecule has 7 rings (SSSR count). The number of primary amides is 1. The van der Waals surface area contributed by atoms with Crippen molar-refractivity contribution in [2.24, 2.45) is 5.73 Å². The molecule has 7 nitrogen and oxygen atoms in total. The van der Waals surface area contributed by atoms with Crippen molar-refractivity contribution in [2.45, 2.75) is 62.6 Å². The monoisotopic (exact) mass is 555 g/mol. The molecule has 0 spiro atoms. The molecule has 3 amide bonds. The van der Waals surface area contributed by atoms with E-state index in [9.17, 15) is 14.0 Å². The summed E-state index contributed by atoms with van der Waals surface area (Å²) in [5.41, 5.74) is 8.77. The van der Waals surface area contributed by atoms with Crippen LogP contribution in [0.4, 0.5) is 9.18 Å². The fraction of sp³-hybridized carbons (Fsp3) is 0.393. The first-order chi connectivity index (χ1) is 18.2. The van der Waals surface area contributed by atoms with Crippen LogP contribution >= 0.6 is 23.2 Å². The molecule has 3 saturated carbocycles. The number of benzene rings is 2. The smallest absolute Gasteiger partial charge is 0.318 e. The lowest BCUT2D eigenvalue weighted by Gasteiger charge is -2.54. The Kier molecular flexibility index (Phi) is 6.15. The van der Waals surface area contributed by atoms with Crippen molar-refractivity contribution in [3.63, 3.8) is 0 Å². The molecular formula is C28H28Cl2FN5O2. The van der Waals surface area contributed by atoms with Crippen molar-refractivity contribution in [3.05, 3.63) is 75.1 Å². The second kappa shape index (κ2) is 9.27. The second-order valence-corrected chi connectivity index (χ2v) is 11.6. The Morgan fingerprint density at radius 3 is 2.26 bits per heavy atom. The Bertz CT molecular complexity index is 1410. The molecule has 3 aliphatic carbocycles. The average molecular weight is 556 g/mol. The zero-order valence-electron chi connectivity index (χ0n) is 20.8. The first kappa shape index (κ1) is 25.2. The van der Waals surface area contributed by atoms with E-state index in [0.717, 1.165) is 38.5 Å². The standard InChI is InChI=1S/C28H28Cl2FN5O2/c29-20-6-1-17(15-21(20)30)24-23(25(32)37)22-16-35(13-14-36(22)34-24)26(38)33-28-10-7-27(8-11-28,9-12-28)18-2-4-19(31)5-3-18/h1-6,15H,7-14,16H2,(H2,32,37)(H,33,38). The van der Waals surface area contributed by atoms with E-state index in [4.69, 9.17) is 28.9 Å². The van der Waals surface area contributed by atoms with E-state index < -0.39 is 5.91 Å². The molecule has 4 aliphatic rings. The summed E-state index contributed by atoms with van der Waals surface area (Å²) in [4.78, 5) is 27.7.